The van der Waals surface area contributed by atoms with Crippen LogP contribution in [0.25, 0.3) is 0 Å². The Kier molecular flexibility index (Phi) is 10.0. The predicted octanol–water partition coefficient (Wildman–Crippen LogP) is 5.71. The largest absolute Gasteiger partial charge is 0.422 e. The molecular weight excluding hydrogens is 328 g/mol. The molecular formula is C22H34O4. The van der Waals surface area contributed by atoms with Crippen molar-refractivity contribution in [3.05, 3.63) is 23.8 Å². The van der Waals surface area contributed by atoms with E-state index in [2.05, 4.69) is 6.92 Å². The van der Waals surface area contributed by atoms with Gasteiger partial charge < -0.3 is 9.47 Å². The number of esters is 2. The van der Waals surface area contributed by atoms with Crippen molar-refractivity contribution in [2.75, 3.05) is 0 Å². The van der Waals surface area contributed by atoms with Gasteiger partial charge in [-0.05, 0) is 24.5 Å². The fourth-order valence-electron chi connectivity index (χ4n) is 2.49. The first-order valence-corrected chi connectivity index (χ1v) is 9.92. The standard InChI is InChI=1S/C22H34O4/c1-6-7-8-9-10-11-13-18-14-12-15-19(25-21(23)16(2)3)20(18)26-22(24)17(4)5/h12,14-17H,6-11,13H2,1-5H3. The van der Waals surface area contributed by atoms with E-state index in [4.69, 9.17) is 9.47 Å². The van der Waals surface area contributed by atoms with E-state index in [-0.39, 0.29) is 23.8 Å². The van der Waals surface area contributed by atoms with E-state index in [0.29, 0.717) is 11.5 Å². The molecule has 1 aromatic rings. The van der Waals surface area contributed by atoms with Crippen LogP contribution in [0.1, 0.15) is 78.7 Å². The summed E-state index contributed by atoms with van der Waals surface area (Å²) in [5.41, 5.74) is 0.920. The number of carbonyl (C=O) groups excluding carboxylic acids is 2. The van der Waals surface area contributed by atoms with E-state index in [0.717, 1.165) is 24.8 Å². The zero-order valence-electron chi connectivity index (χ0n) is 17.0. The average molecular weight is 363 g/mol. The Morgan fingerprint density at radius 1 is 0.846 bits per heavy atom. The maximum absolute atomic E-state index is 12.1. The smallest absolute Gasteiger partial charge is 0.313 e. The van der Waals surface area contributed by atoms with Gasteiger partial charge in [-0.2, -0.15) is 0 Å². The van der Waals surface area contributed by atoms with Crippen LogP contribution in [0.3, 0.4) is 0 Å². The molecule has 0 saturated heterocycles. The number of carbonyl (C=O) groups is 2. The molecule has 0 heterocycles. The molecule has 26 heavy (non-hydrogen) atoms. The molecule has 0 bridgehead atoms. The minimum atomic E-state index is -0.330. The monoisotopic (exact) mass is 362 g/mol. The number of benzene rings is 1. The van der Waals surface area contributed by atoms with Gasteiger partial charge in [0.05, 0.1) is 11.8 Å². The van der Waals surface area contributed by atoms with Gasteiger partial charge in [-0.1, -0.05) is 78.9 Å². The Morgan fingerprint density at radius 3 is 2.04 bits per heavy atom. The summed E-state index contributed by atoms with van der Waals surface area (Å²) in [5.74, 6) is -0.405. The van der Waals surface area contributed by atoms with Gasteiger partial charge in [-0.25, -0.2) is 0 Å². The zero-order valence-corrected chi connectivity index (χ0v) is 17.0. The Labute approximate surface area is 158 Å². The molecule has 0 radical (unpaired) electrons. The molecule has 1 aromatic carbocycles. The van der Waals surface area contributed by atoms with E-state index in [9.17, 15) is 9.59 Å². The van der Waals surface area contributed by atoms with Crippen LogP contribution in [0.5, 0.6) is 11.5 Å². The van der Waals surface area contributed by atoms with Crippen molar-refractivity contribution < 1.29 is 19.1 Å². The molecule has 0 aromatic heterocycles. The first kappa shape index (κ1) is 22.2. The van der Waals surface area contributed by atoms with Gasteiger partial charge in [-0.15, -0.1) is 0 Å². The topological polar surface area (TPSA) is 52.6 Å². The van der Waals surface area contributed by atoms with Crippen molar-refractivity contribution >= 4 is 11.9 Å². The fourth-order valence-corrected chi connectivity index (χ4v) is 2.49. The summed E-state index contributed by atoms with van der Waals surface area (Å²) in [4.78, 5) is 24.1. The molecule has 4 nitrogen and oxygen atoms in total. The van der Waals surface area contributed by atoms with Crippen LogP contribution in [0.2, 0.25) is 0 Å². The first-order chi connectivity index (χ1) is 12.4. The van der Waals surface area contributed by atoms with Crippen LogP contribution in [0, 0.1) is 11.8 Å². The lowest BCUT2D eigenvalue weighted by atomic mass is 10.0. The van der Waals surface area contributed by atoms with Crippen LogP contribution in [-0.2, 0) is 16.0 Å². The summed E-state index contributed by atoms with van der Waals surface area (Å²) in [6.07, 6.45) is 7.97. The number of hydrogen-bond donors (Lipinski definition) is 0. The molecule has 1 rings (SSSR count). The highest BCUT2D eigenvalue weighted by atomic mass is 16.6. The molecule has 0 spiro atoms. The van der Waals surface area contributed by atoms with Crippen molar-refractivity contribution in [2.24, 2.45) is 11.8 Å². The van der Waals surface area contributed by atoms with Crippen LogP contribution in [-0.4, -0.2) is 11.9 Å². The zero-order chi connectivity index (χ0) is 19.5. The highest BCUT2D eigenvalue weighted by Gasteiger charge is 2.20. The lowest BCUT2D eigenvalue weighted by Crippen LogP contribution is -2.19. The second-order valence-corrected chi connectivity index (χ2v) is 7.41. The minimum absolute atomic E-state index is 0.245. The number of rotatable bonds is 11. The molecule has 0 unspecified atom stereocenters. The SMILES string of the molecule is CCCCCCCCc1cccc(OC(=O)C(C)C)c1OC(=O)C(C)C. The third-order valence-corrected chi connectivity index (χ3v) is 4.22. The van der Waals surface area contributed by atoms with E-state index >= 15 is 0 Å². The van der Waals surface area contributed by atoms with Gasteiger partial charge in [0, 0.05) is 0 Å². The second-order valence-electron chi connectivity index (χ2n) is 7.41. The molecule has 0 aliphatic heterocycles. The van der Waals surface area contributed by atoms with Gasteiger partial charge in [-0.3, -0.25) is 9.59 Å². The summed E-state index contributed by atoms with van der Waals surface area (Å²) >= 11 is 0. The maximum atomic E-state index is 12.1. The molecule has 0 amide bonds. The first-order valence-electron chi connectivity index (χ1n) is 9.92. The molecule has 0 aliphatic carbocycles. The quantitative estimate of drug-likeness (QED) is 0.287. The molecule has 146 valence electrons. The van der Waals surface area contributed by atoms with Crippen LogP contribution >= 0.6 is 0 Å². The van der Waals surface area contributed by atoms with E-state index in [1.807, 2.05) is 12.1 Å². The van der Waals surface area contributed by atoms with Gasteiger partial charge in [0.15, 0.2) is 11.5 Å². The van der Waals surface area contributed by atoms with Crippen molar-refractivity contribution in [1.29, 1.82) is 0 Å². The minimum Gasteiger partial charge on any atom is -0.422 e. The summed E-state index contributed by atoms with van der Waals surface area (Å²) in [6, 6.07) is 5.48. The number of unbranched alkanes of at least 4 members (excludes halogenated alkanes) is 5. The van der Waals surface area contributed by atoms with E-state index < -0.39 is 0 Å². The number of para-hydroxylation sites is 1. The average Bonchev–Trinajstić information content (AvgIpc) is 2.59. The molecule has 0 fully saturated rings. The Hall–Kier alpha value is -1.84. The Balaban J connectivity index is 2.89. The number of ether oxygens (including phenoxy) is 2. The summed E-state index contributed by atoms with van der Waals surface area (Å²) < 4.78 is 11.1. The number of hydrogen-bond acceptors (Lipinski definition) is 4. The predicted molar refractivity (Wildman–Crippen MR) is 104 cm³/mol. The molecule has 4 heteroatoms. The number of aryl methyl sites for hydroxylation is 1. The highest BCUT2D eigenvalue weighted by molar-refractivity contribution is 5.78. The lowest BCUT2D eigenvalue weighted by Gasteiger charge is -2.16. The van der Waals surface area contributed by atoms with E-state index in [1.165, 1.54) is 25.7 Å². The van der Waals surface area contributed by atoms with Crippen molar-refractivity contribution in [3.63, 3.8) is 0 Å². The summed E-state index contributed by atoms with van der Waals surface area (Å²) in [6.45, 7) is 9.35. The van der Waals surface area contributed by atoms with Crippen molar-refractivity contribution in [3.8, 4) is 11.5 Å². The Morgan fingerprint density at radius 2 is 1.42 bits per heavy atom. The van der Waals surface area contributed by atoms with Crippen LogP contribution in [0.15, 0.2) is 18.2 Å². The summed E-state index contributed by atoms with van der Waals surface area (Å²) in [5, 5.41) is 0. The second kappa shape index (κ2) is 11.7. The maximum Gasteiger partial charge on any atom is 0.313 e. The normalized spacial score (nSPS) is 11.0. The van der Waals surface area contributed by atoms with Crippen molar-refractivity contribution in [2.45, 2.75) is 79.6 Å². The highest BCUT2D eigenvalue weighted by Crippen LogP contribution is 2.34. The molecule has 0 saturated carbocycles. The van der Waals surface area contributed by atoms with Crippen LogP contribution in [0.4, 0.5) is 0 Å². The molecule has 0 aliphatic rings. The van der Waals surface area contributed by atoms with Crippen LogP contribution < -0.4 is 9.47 Å². The third-order valence-electron chi connectivity index (χ3n) is 4.22. The van der Waals surface area contributed by atoms with Crippen molar-refractivity contribution in [1.82, 2.24) is 0 Å². The fraction of sp³-hybridized carbons (Fsp3) is 0.636. The molecule has 0 N–H and O–H groups in total. The van der Waals surface area contributed by atoms with Gasteiger partial charge >= 0.3 is 11.9 Å². The Bertz CT molecular complexity index is 576. The lowest BCUT2D eigenvalue weighted by molar-refractivity contribution is -0.140. The third kappa shape index (κ3) is 7.59. The summed E-state index contributed by atoms with van der Waals surface area (Å²) in [7, 11) is 0. The van der Waals surface area contributed by atoms with Gasteiger partial charge in [0.25, 0.3) is 0 Å². The van der Waals surface area contributed by atoms with E-state index in [1.54, 1.807) is 33.8 Å². The van der Waals surface area contributed by atoms with Gasteiger partial charge in [0.2, 0.25) is 0 Å². The molecule has 0 atom stereocenters. The van der Waals surface area contributed by atoms with Gasteiger partial charge in [0.1, 0.15) is 0 Å².